The van der Waals surface area contributed by atoms with E-state index in [1.54, 1.807) is 0 Å². The smallest absolute Gasteiger partial charge is 0.0507 e. The van der Waals surface area contributed by atoms with Crippen LogP contribution in [0.4, 0.5) is 0 Å². The summed E-state index contributed by atoms with van der Waals surface area (Å²) in [5.41, 5.74) is 0. The monoisotopic (exact) mass is 163 g/mol. The third-order valence-corrected chi connectivity index (χ3v) is 0.829. The van der Waals surface area contributed by atoms with E-state index in [0.717, 1.165) is 6.54 Å². The van der Waals surface area contributed by atoms with Crippen LogP contribution >= 0.6 is 15.9 Å². The quantitative estimate of drug-likeness (QED) is 0.436. The number of hydrogen-bond donors (Lipinski definition) is 0. The molecule has 0 amide bonds. The number of halogens is 1. The van der Waals surface area contributed by atoms with Crippen LogP contribution in [0.3, 0.4) is 0 Å². The molecule has 0 aliphatic carbocycles. The molecule has 0 aromatic carbocycles. The minimum atomic E-state index is 0.517. The topological polar surface area (TPSA) is 12.4 Å². The SMILES string of the molecule is C/C=N\C[C@@H](C)Br. The molecule has 0 aliphatic rings. The van der Waals surface area contributed by atoms with Crippen molar-refractivity contribution in [2.75, 3.05) is 6.54 Å². The van der Waals surface area contributed by atoms with Gasteiger partial charge in [0.15, 0.2) is 0 Å². The molecule has 42 valence electrons. The maximum absolute atomic E-state index is 4.00. The first-order chi connectivity index (χ1) is 3.27. The van der Waals surface area contributed by atoms with E-state index in [1.165, 1.54) is 0 Å². The second-order valence-corrected chi connectivity index (χ2v) is 2.97. The zero-order valence-electron chi connectivity index (χ0n) is 4.69. The molecule has 1 atom stereocenters. The van der Waals surface area contributed by atoms with Crippen molar-refractivity contribution in [3.63, 3.8) is 0 Å². The average Bonchev–Trinajstić information content (AvgIpc) is 1.61. The number of aliphatic imine (C=N–C) groups is 1. The van der Waals surface area contributed by atoms with Crippen molar-refractivity contribution < 1.29 is 0 Å². The van der Waals surface area contributed by atoms with E-state index in [9.17, 15) is 0 Å². The normalized spacial score (nSPS) is 15.3. The molecule has 0 aromatic rings. The van der Waals surface area contributed by atoms with E-state index in [2.05, 4.69) is 27.8 Å². The van der Waals surface area contributed by atoms with Crippen molar-refractivity contribution in [3.8, 4) is 0 Å². The fraction of sp³-hybridized carbons (Fsp3) is 0.800. The summed E-state index contributed by atoms with van der Waals surface area (Å²) in [5.74, 6) is 0. The Morgan fingerprint density at radius 3 is 2.57 bits per heavy atom. The molecule has 0 fully saturated rings. The molecule has 0 aromatic heterocycles. The molecule has 1 nitrogen and oxygen atoms in total. The van der Waals surface area contributed by atoms with Gasteiger partial charge in [-0.05, 0) is 13.1 Å². The Kier molecular flexibility index (Phi) is 4.41. The van der Waals surface area contributed by atoms with Crippen LogP contribution in [0.2, 0.25) is 0 Å². The van der Waals surface area contributed by atoms with Gasteiger partial charge in [-0.15, -0.1) is 0 Å². The van der Waals surface area contributed by atoms with Gasteiger partial charge in [0.25, 0.3) is 0 Å². The van der Waals surface area contributed by atoms with Gasteiger partial charge in [-0.3, -0.25) is 4.99 Å². The predicted molar refractivity (Wildman–Crippen MR) is 37.4 cm³/mol. The Morgan fingerprint density at radius 2 is 2.43 bits per heavy atom. The molecule has 0 radical (unpaired) electrons. The first kappa shape index (κ1) is 7.15. The van der Waals surface area contributed by atoms with Gasteiger partial charge in [-0.1, -0.05) is 22.9 Å². The van der Waals surface area contributed by atoms with Gasteiger partial charge >= 0.3 is 0 Å². The maximum atomic E-state index is 4.00. The van der Waals surface area contributed by atoms with Gasteiger partial charge in [-0.2, -0.15) is 0 Å². The third kappa shape index (κ3) is 6.15. The maximum Gasteiger partial charge on any atom is 0.0507 e. The summed E-state index contributed by atoms with van der Waals surface area (Å²) in [4.78, 5) is 4.52. The van der Waals surface area contributed by atoms with Crippen LogP contribution in [0.1, 0.15) is 13.8 Å². The van der Waals surface area contributed by atoms with Crippen LogP contribution in [-0.2, 0) is 0 Å². The van der Waals surface area contributed by atoms with Crippen molar-refractivity contribution in [2.45, 2.75) is 18.7 Å². The molecule has 0 spiro atoms. The fourth-order valence-electron chi connectivity index (χ4n) is 0.251. The van der Waals surface area contributed by atoms with Gasteiger partial charge in [0.2, 0.25) is 0 Å². The molecule has 0 unspecified atom stereocenters. The summed E-state index contributed by atoms with van der Waals surface area (Å²) in [7, 11) is 0. The number of nitrogens with zero attached hydrogens (tertiary/aromatic N) is 1. The van der Waals surface area contributed by atoms with Crippen LogP contribution in [-0.4, -0.2) is 17.6 Å². The molecule has 0 saturated heterocycles. The lowest BCUT2D eigenvalue weighted by Gasteiger charge is -1.91. The second kappa shape index (κ2) is 4.31. The lowest BCUT2D eigenvalue weighted by atomic mass is 10.5. The highest BCUT2D eigenvalue weighted by Gasteiger charge is 1.87. The van der Waals surface area contributed by atoms with Gasteiger partial charge in [0.05, 0.1) is 6.54 Å². The van der Waals surface area contributed by atoms with Gasteiger partial charge in [0.1, 0.15) is 0 Å². The molecule has 0 N–H and O–H groups in total. The van der Waals surface area contributed by atoms with Crippen molar-refractivity contribution >= 4 is 22.1 Å². The van der Waals surface area contributed by atoms with Crippen molar-refractivity contribution in [1.29, 1.82) is 0 Å². The second-order valence-electron chi connectivity index (χ2n) is 1.40. The zero-order valence-corrected chi connectivity index (χ0v) is 6.27. The summed E-state index contributed by atoms with van der Waals surface area (Å²) in [6.45, 7) is 4.89. The van der Waals surface area contributed by atoms with E-state index < -0.39 is 0 Å². The van der Waals surface area contributed by atoms with Gasteiger partial charge in [-0.25, -0.2) is 0 Å². The van der Waals surface area contributed by atoms with Gasteiger partial charge in [0, 0.05) is 4.83 Å². The lowest BCUT2D eigenvalue weighted by molar-refractivity contribution is 0.972. The van der Waals surface area contributed by atoms with Crippen molar-refractivity contribution in [1.82, 2.24) is 0 Å². The Morgan fingerprint density at radius 1 is 1.86 bits per heavy atom. The van der Waals surface area contributed by atoms with Crippen LogP contribution in [0, 0.1) is 0 Å². The lowest BCUT2D eigenvalue weighted by Crippen LogP contribution is -1.93. The van der Waals surface area contributed by atoms with Crippen LogP contribution in [0.25, 0.3) is 0 Å². The van der Waals surface area contributed by atoms with Gasteiger partial charge < -0.3 is 0 Å². The Labute approximate surface area is 53.0 Å². The fourth-order valence-corrected chi connectivity index (χ4v) is 0.418. The molecule has 7 heavy (non-hydrogen) atoms. The molecular weight excluding hydrogens is 154 g/mol. The highest BCUT2D eigenvalue weighted by atomic mass is 79.9. The summed E-state index contributed by atoms with van der Waals surface area (Å²) in [5, 5.41) is 0. The molecule has 2 heteroatoms. The van der Waals surface area contributed by atoms with Crippen LogP contribution in [0.15, 0.2) is 4.99 Å². The highest BCUT2D eigenvalue weighted by molar-refractivity contribution is 9.09. The zero-order chi connectivity index (χ0) is 5.70. The third-order valence-electron chi connectivity index (χ3n) is 0.540. The Balaban J connectivity index is 2.97. The van der Waals surface area contributed by atoms with Crippen molar-refractivity contribution in [3.05, 3.63) is 0 Å². The van der Waals surface area contributed by atoms with Crippen molar-refractivity contribution in [2.24, 2.45) is 4.99 Å². The van der Waals surface area contributed by atoms with E-state index in [0.29, 0.717) is 4.83 Å². The summed E-state index contributed by atoms with van der Waals surface area (Å²) < 4.78 is 0. The standard InChI is InChI=1S/C5H10BrN/c1-3-7-4-5(2)6/h3,5H,4H2,1-2H3/b7-3-/t5-/m1/s1. The molecule has 0 saturated carbocycles. The predicted octanol–water partition coefficient (Wildman–Crippen LogP) is 1.86. The summed E-state index contributed by atoms with van der Waals surface area (Å²) in [6, 6.07) is 0. The van der Waals surface area contributed by atoms with E-state index in [1.807, 2.05) is 13.1 Å². The first-order valence-corrected chi connectivity index (χ1v) is 3.27. The number of rotatable bonds is 2. The highest BCUT2D eigenvalue weighted by Crippen LogP contribution is 1.95. The Hall–Kier alpha value is 0.150. The van der Waals surface area contributed by atoms with E-state index in [4.69, 9.17) is 0 Å². The van der Waals surface area contributed by atoms with E-state index >= 15 is 0 Å². The molecule has 0 rings (SSSR count). The molecule has 0 bridgehead atoms. The average molecular weight is 164 g/mol. The molecule has 0 heterocycles. The van der Waals surface area contributed by atoms with Crippen LogP contribution in [0.5, 0.6) is 0 Å². The van der Waals surface area contributed by atoms with Crippen LogP contribution < -0.4 is 0 Å². The largest absolute Gasteiger partial charge is 0.297 e. The summed E-state index contributed by atoms with van der Waals surface area (Å²) >= 11 is 3.36. The van der Waals surface area contributed by atoms with E-state index in [-0.39, 0.29) is 0 Å². The number of alkyl halides is 1. The minimum Gasteiger partial charge on any atom is -0.297 e. The first-order valence-electron chi connectivity index (χ1n) is 2.36. The molecular formula is C5H10BrN. The summed E-state index contributed by atoms with van der Waals surface area (Å²) in [6.07, 6.45) is 1.82. The molecule has 0 aliphatic heterocycles. The Bertz CT molecular complexity index is 59.1. The minimum absolute atomic E-state index is 0.517. The number of hydrogen-bond acceptors (Lipinski definition) is 1.